The first-order valence-electron chi connectivity index (χ1n) is 10.0. The van der Waals surface area contributed by atoms with Crippen molar-refractivity contribution in [2.75, 3.05) is 11.9 Å². The number of anilines is 1. The number of aromatic nitrogens is 4. The van der Waals surface area contributed by atoms with Gasteiger partial charge in [-0.05, 0) is 55.5 Å². The molecule has 0 saturated heterocycles. The molecule has 4 aromatic rings. The van der Waals surface area contributed by atoms with E-state index in [1.165, 1.54) is 4.68 Å². The largest absolute Gasteiger partial charge is 0.462 e. The second-order valence-electron chi connectivity index (χ2n) is 6.85. The van der Waals surface area contributed by atoms with Crippen LogP contribution in [0.3, 0.4) is 0 Å². The second kappa shape index (κ2) is 9.44. The molecule has 0 aliphatic rings. The number of nitrogens with zero attached hydrogens (tertiary/aromatic N) is 4. The van der Waals surface area contributed by atoms with Crippen LogP contribution in [0, 0.1) is 4.77 Å². The maximum atomic E-state index is 12.7. The molecule has 2 heterocycles. The van der Waals surface area contributed by atoms with E-state index in [-0.39, 0.29) is 12.5 Å². The van der Waals surface area contributed by atoms with Crippen molar-refractivity contribution >= 4 is 29.8 Å². The lowest BCUT2D eigenvalue weighted by molar-refractivity contribution is -0.116. The van der Waals surface area contributed by atoms with Gasteiger partial charge in [-0.3, -0.25) is 9.47 Å². The molecule has 32 heavy (non-hydrogen) atoms. The van der Waals surface area contributed by atoms with Gasteiger partial charge in [-0.15, -0.1) is 5.10 Å². The summed E-state index contributed by atoms with van der Waals surface area (Å²) in [5, 5.41) is 7.41. The van der Waals surface area contributed by atoms with E-state index in [0.717, 1.165) is 5.56 Å². The van der Waals surface area contributed by atoms with Gasteiger partial charge in [-0.1, -0.05) is 30.3 Å². The second-order valence-corrected chi connectivity index (χ2v) is 7.22. The van der Waals surface area contributed by atoms with Crippen molar-refractivity contribution < 1.29 is 14.3 Å². The highest BCUT2D eigenvalue weighted by Crippen LogP contribution is 2.19. The molecule has 0 aliphatic carbocycles. The molecule has 162 valence electrons. The first kappa shape index (κ1) is 21.3. The van der Waals surface area contributed by atoms with E-state index in [0.29, 0.717) is 28.5 Å². The number of carbonyl (C=O) groups is 2. The number of ether oxygens (including phenoxy) is 1. The van der Waals surface area contributed by atoms with Crippen molar-refractivity contribution in [1.29, 1.82) is 0 Å². The minimum atomic E-state index is -0.402. The van der Waals surface area contributed by atoms with E-state index < -0.39 is 5.97 Å². The maximum Gasteiger partial charge on any atom is 0.338 e. The third kappa shape index (κ3) is 4.52. The number of nitrogens with one attached hydrogen (secondary N) is 1. The molecule has 0 spiro atoms. The number of carbonyl (C=O) groups excluding carboxylic acids is 2. The third-order valence-corrected chi connectivity index (χ3v) is 5.03. The molecule has 0 fully saturated rings. The number of esters is 1. The van der Waals surface area contributed by atoms with Crippen LogP contribution in [0.25, 0.3) is 11.4 Å². The first-order valence-corrected chi connectivity index (χ1v) is 10.4. The molecule has 0 bridgehead atoms. The van der Waals surface area contributed by atoms with Crippen LogP contribution >= 0.6 is 12.2 Å². The van der Waals surface area contributed by atoms with E-state index in [2.05, 4.69) is 10.4 Å². The summed E-state index contributed by atoms with van der Waals surface area (Å²) >= 11 is 5.63. The Bertz CT molecular complexity index is 1280. The summed E-state index contributed by atoms with van der Waals surface area (Å²) in [5.74, 6) is -0.0687. The summed E-state index contributed by atoms with van der Waals surface area (Å²) in [5.41, 5.74) is 1.86. The van der Waals surface area contributed by atoms with Gasteiger partial charge in [0.2, 0.25) is 10.7 Å². The Morgan fingerprint density at radius 2 is 1.69 bits per heavy atom. The zero-order valence-electron chi connectivity index (χ0n) is 17.3. The van der Waals surface area contributed by atoms with Gasteiger partial charge in [0.1, 0.15) is 6.54 Å². The van der Waals surface area contributed by atoms with Crippen LogP contribution in [-0.4, -0.2) is 37.6 Å². The maximum absolute atomic E-state index is 12.7. The molecule has 0 aliphatic heterocycles. The van der Waals surface area contributed by atoms with Crippen molar-refractivity contribution in [3.63, 3.8) is 0 Å². The average molecular weight is 448 g/mol. The number of benzene rings is 2. The van der Waals surface area contributed by atoms with Crippen molar-refractivity contribution in [3.05, 3.63) is 89.5 Å². The van der Waals surface area contributed by atoms with Crippen LogP contribution in [0.15, 0.2) is 79.1 Å². The molecule has 1 amide bonds. The highest BCUT2D eigenvalue weighted by molar-refractivity contribution is 7.71. The van der Waals surface area contributed by atoms with Crippen LogP contribution in [-0.2, 0) is 16.1 Å². The zero-order chi connectivity index (χ0) is 22.5. The molecular weight excluding hydrogens is 426 g/mol. The van der Waals surface area contributed by atoms with E-state index in [9.17, 15) is 9.59 Å². The number of rotatable bonds is 7. The summed E-state index contributed by atoms with van der Waals surface area (Å²) in [6.45, 7) is 1.99. The lowest BCUT2D eigenvalue weighted by Gasteiger charge is -2.07. The highest BCUT2D eigenvalue weighted by Gasteiger charge is 2.16. The quantitative estimate of drug-likeness (QED) is 0.342. The van der Waals surface area contributed by atoms with Crippen LogP contribution < -0.4 is 5.32 Å². The van der Waals surface area contributed by atoms with Gasteiger partial charge in [0, 0.05) is 23.6 Å². The van der Waals surface area contributed by atoms with Crippen molar-refractivity contribution in [1.82, 2.24) is 19.1 Å². The van der Waals surface area contributed by atoms with Gasteiger partial charge in [0.15, 0.2) is 5.82 Å². The summed E-state index contributed by atoms with van der Waals surface area (Å²) in [6, 6.07) is 19.9. The molecule has 2 aromatic heterocycles. The predicted molar refractivity (Wildman–Crippen MR) is 123 cm³/mol. The standard InChI is InChI=1S/C23H21N5O3S/c1-2-31-22(30)18-10-12-19(13-11-18)24-20(29)16-27-23(32)28(26-14-6-7-15-26)21(25-27)17-8-4-3-5-9-17/h3-15H,2,16H2,1H3,(H,24,29). The number of hydrogen-bond acceptors (Lipinski definition) is 5. The fourth-order valence-corrected chi connectivity index (χ4v) is 3.46. The van der Waals surface area contributed by atoms with Crippen LogP contribution in [0.1, 0.15) is 17.3 Å². The molecule has 0 atom stereocenters. The monoisotopic (exact) mass is 447 g/mol. The van der Waals surface area contributed by atoms with Crippen LogP contribution in [0.4, 0.5) is 5.69 Å². The number of amides is 1. The summed E-state index contributed by atoms with van der Waals surface area (Å²) in [6.07, 6.45) is 3.72. The summed E-state index contributed by atoms with van der Waals surface area (Å²) in [7, 11) is 0. The van der Waals surface area contributed by atoms with Gasteiger partial charge in [0.05, 0.1) is 12.2 Å². The Morgan fingerprint density at radius 1 is 1.00 bits per heavy atom. The van der Waals surface area contributed by atoms with E-state index in [1.807, 2.05) is 59.5 Å². The topological polar surface area (TPSA) is 83.1 Å². The molecule has 0 radical (unpaired) electrons. The molecular formula is C23H21N5O3S. The van der Waals surface area contributed by atoms with Crippen molar-refractivity contribution in [3.8, 4) is 11.4 Å². The van der Waals surface area contributed by atoms with Gasteiger partial charge in [-0.25, -0.2) is 14.2 Å². The van der Waals surface area contributed by atoms with E-state index >= 15 is 0 Å². The fraction of sp³-hybridized carbons (Fsp3) is 0.130. The lowest BCUT2D eigenvalue weighted by atomic mass is 10.2. The molecule has 0 saturated carbocycles. The van der Waals surface area contributed by atoms with Gasteiger partial charge in [0.25, 0.3) is 0 Å². The minimum absolute atomic E-state index is 0.0629. The minimum Gasteiger partial charge on any atom is -0.462 e. The Labute approximate surface area is 189 Å². The SMILES string of the molecule is CCOC(=O)c1ccc(NC(=O)Cn2nc(-c3ccccc3)n(-n3cccc3)c2=S)cc1. The van der Waals surface area contributed by atoms with Crippen LogP contribution in [0.2, 0.25) is 0 Å². The van der Waals surface area contributed by atoms with Gasteiger partial charge < -0.3 is 10.1 Å². The Balaban J connectivity index is 1.56. The molecule has 4 rings (SSSR count). The molecule has 8 nitrogen and oxygen atoms in total. The predicted octanol–water partition coefficient (Wildman–Crippen LogP) is 4.01. The van der Waals surface area contributed by atoms with Gasteiger partial charge in [-0.2, -0.15) is 0 Å². The fourth-order valence-electron chi connectivity index (χ4n) is 3.18. The average Bonchev–Trinajstić information content (AvgIpc) is 3.43. The van der Waals surface area contributed by atoms with E-state index in [4.69, 9.17) is 17.0 Å². The van der Waals surface area contributed by atoms with Crippen molar-refractivity contribution in [2.45, 2.75) is 13.5 Å². The molecule has 9 heteroatoms. The Hall–Kier alpha value is -3.98. The lowest BCUT2D eigenvalue weighted by Crippen LogP contribution is -2.20. The van der Waals surface area contributed by atoms with Gasteiger partial charge >= 0.3 is 5.97 Å². The summed E-state index contributed by atoms with van der Waals surface area (Å²) in [4.78, 5) is 24.4. The highest BCUT2D eigenvalue weighted by atomic mass is 32.1. The van der Waals surface area contributed by atoms with Crippen LogP contribution in [0.5, 0.6) is 0 Å². The smallest absolute Gasteiger partial charge is 0.338 e. The Morgan fingerprint density at radius 3 is 2.34 bits per heavy atom. The zero-order valence-corrected chi connectivity index (χ0v) is 18.2. The molecule has 1 N–H and O–H groups in total. The van der Waals surface area contributed by atoms with E-state index in [1.54, 1.807) is 35.9 Å². The third-order valence-electron chi connectivity index (χ3n) is 4.64. The first-order chi connectivity index (χ1) is 15.6. The number of hydrogen-bond donors (Lipinski definition) is 1. The van der Waals surface area contributed by atoms with Crippen molar-refractivity contribution in [2.24, 2.45) is 0 Å². The molecule has 2 aromatic carbocycles. The Kier molecular flexibility index (Phi) is 6.27. The molecule has 0 unspecified atom stereocenters. The normalized spacial score (nSPS) is 10.7. The summed E-state index contributed by atoms with van der Waals surface area (Å²) < 4.78 is 10.4.